The van der Waals surface area contributed by atoms with Crippen LogP contribution in [-0.4, -0.2) is 64.7 Å². The maximum atomic E-state index is 5.28. The van der Waals surface area contributed by atoms with Crippen molar-refractivity contribution in [2.45, 2.75) is 6.92 Å². The molecule has 140 valence electrons. The van der Waals surface area contributed by atoms with E-state index < -0.39 is 0 Å². The van der Waals surface area contributed by atoms with Gasteiger partial charge in [0.15, 0.2) is 0 Å². The van der Waals surface area contributed by atoms with E-state index >= 15 is 0 Å². The third-order valence-electron chi connectivity index (χ3n) is 5.00. The van der Waals surface area contributed by atoms with E-state index in [0.717, 1.165) is 67.1 Å². The molecule has 0 unspecified atom stereocenters. The molecule has 0 aliphatic carbocycles. The van der Waals surface area contributed by atoms with Crippen LogP contribution in [-0.2, 0) is 0 Å². The number of imidazole rings is 1. The number of ether oxygens (including phenoxy) is 1. The molecular weight excluding hydrogens is 340 g/mol. The van der Waals surface area contributed by atoms with Crippen LogP contribution < -0.4 is 9.64 Å². The predicted molar refractivity (Wildman–Crippen MR) is 106 cm³/mol. The Morgan fingerprint density at radius 2 is 1.85 bits per heavy atom. The normalized spacial score (nSPS) is 15.1. The molecule has 4 rings (SSSR count). The topological polar surface area (TPSA) is 70.2 Å². The summed E-state index contributed by atoms with van der Waals surface area (Å²) in [5, 5.41) is 0. The third kappa shape index (κ3) is 3.64. The average molecular weight is 364 g/mol. The monoisotopic (exact) mass is 364 g/mol. The number of methoxy groups -OCH3 is 1. The quantitative estimate of drug-likeness (QED) is 0.751. The van der Waals surface area contributed by atoms with Gasteiger partial charge >= 0.3 is 0 Å². The van der Waals surface area contributed by atoms with Crippen LogP contribution in [0, 0.1) is 0 Å². The summed E-state index contributed by atoms with van der Waals surface area (Å²) in [6.45, 7) is 7.25. The van der Waals surface area contributed by atoms with Crippen molar-refractivity contribution in [3.63, 3.8) is 0 Å². The standard InChI is InChI=1S/C20H24N6O/c1-3-25-10-12-26(13-11-25)20-23-14-17(19-21-8-9-22-19)18(24-20)15-4-6-16(27-2)7-5-15/h4-9,14H,3,10-13H2,1-2H3,(H,21,22). The Morgan fingerprint density at radius 3 is 2.48 bits per heavy atom. The van der Waals surface area contributed by atoms with E-state index in [1.54, 1.807) is 13.3 Å². The minimum Gasteiger partial charge on any atom is -0.497 e. The molecule has 1 aromatic carbocycles. The van der Waals surface area contributed by atoms with E-state index in [4.69, 9.17) is 9.72 Å². The largest absolute Gasteiger partial charge is 0.497 e. The van der Waals surface area contributed by atoms with Gasteiger partial charge in [-0.25, -0.2) is 15.0 Å². The predicted octanol–water partition coefficient (Wildman–Crippen LogP) is 2.68. The van der Waals surface area contributed by atoms with Gasteiger partial charge in [-0.15, -0.1) is 0 Å². The fraction of sp³-hybridized carbons (Fsp3) is 0.350. The molecule has 3 heterocycles. The van der Waals surface area contributed by atoms with Crippen LogP contribution in [0.3, 0.4) is 0 Å². The molecule has 27 heavy (non-hydrogen) atoms. The van der Waals surface area contributed by atoms with E-state index in [2.05, 4.69) is 31.7 Å². The van der Waals surface area contributed by atoms with Gasteiger partial charge in [-0.05, 0) is 30.8 Å². The number of piperazine rings is 1. The maximum Gasteiger partial charge on any atom is 0.225 e. The third-order valence-corrected chi connectivity index (χ3v) is 5.00. The van der Waals surface area contributed by atoms with Gasteiger partial charge in [0, 0.05) is 50.3 Å². The number of H-pyrrole nitrogens is 1. The number of nitrogens with zero attached hydrogens (tertiary/aromatic N) is 5. The van der Waals surface area contributed by atoms with Crippen LogP contribution in [0.2, 0.25) is 0 Å². The molecule has 0 amide bonds. The second kappa shape index (κ2) is 7.75. The van der Waals surface area contributed by atoms with Crippen molar-refractivity contribution < 1.29 is 4.74 Å². The molecule has 1 fully saturated rings. The van der Waals surface area contributed by atoms with Gasteiger partial charge < -0.3 is 19.5 Å². The highest BCUT2D eigenvalue weighted by Crippen LogP contribution is 2.30. The van der Waals surface area contributed by atoms with Crippen LogP contribution in [0.15, 0.2) is 42.9 Å². The lowest BCUT2D eigenvalue weighted by Crippen LogP contribution is -2.46. The Morgan fingerprint density at radius 1 is 1.07 bits per heavy atom. The zero-order valence-corrected chi connectivity index (χ0v) is 15.7. The van der Waals surface area contributed by atoms with Crippen LogP contribution in [0.4, 0.5) is 5.95 Å². The number of nitrogens with one attached hydrogen (secondary N) is 1. The Hall–Kier alpha value is -2.93. The van der Waals surface area contributed by atoms with Gasteiger partial charge in [0.25, 0.3) is 0 Å². The summed E-state index contributed by atoms with van der Waals surface area (Å²) in [5.41, 5.74) is 2.77. The molecule has 1 N–H and O–H groups in total. The highest BCUT2D eigenvalue weighted by Gasteiger charge is 2.20. The first kappa shape index (κ1) is 17.5. The number of aromatic amines is 1. The molecule has 2 aromatic heterocycles. The van der Waals surface area contributed by atoms with Crippen LogP contribution in [0.25, 0.3) is 22.6 Å². The summed E-state index contributed by atoms with van der Waals surface area (Å²) >= 11 is 0. The lowest BCUT2D eigenvalue weighted by atomic mass is 10.1. The number of rotatable bonds is 5. The molecule has 0 radical (unpaired) electrons. The van der Waals surface area contributed by atoms with Crippen molar-refractivity contribution >= 4 is 5.95 Å². The first-order chi connectivity index (χ1) is 13.3. The van der Waals surface area contributed by atoms with Gasteiger partial charge in [0.05, 0.1) is 18.4 Å². The van der Waals surface area contributed by atoms with Gasteiger partial charge in [-0.2, -0.15) is 0 Å². The molecule has 1 aliphatic heterocycles. The molecule has 3 aromatic rings. The van der Waals surface area contributed by atoms with Crippen molar-refractivity contribution in [2.75, 3.05) is 44.7 Å². The molecule has 0 spiro atoms. The molecule has 0 bridgehead atoms. The van der Waals surface area contributed by atoms with Crippen molar-refractivity contribution in [3.05, 3.63) is 42.9 Å². The Kier molecular flexibility index (Phi) is 5.02. The number of anilines is 1. The summed E-state index contributed by atoms with van der Waals surface area (Å²) in [5.74, 6) is 2.36. The van der Waals surface area contributed by atoms with Crippen molar-refractivity contribution in [2.24, 2.45) is 0 Å². The van der Waals surface area contributed by atoms with Crippen LogP contribution in [0.5, 0.6) is 5.75 Å². The lowest BCUT2D eigenvalue weighted by Gasteiger charge is -2.34. The molecule has 7 nitrogen and oxygen atoms in total. The molecular formula is C20H24N6O. The fourth-order valence-electron chi connectivity index (χ4n) is 3.34. The SMILES string of the molecule is CCN1CCN(c2ncc(-c3ncc[nH]3)c(-c3ccc(OC)cc3)n2)CC1. The molecule has 0 saturated carbocycles. The second-order valence-corrected chi connectivity index (χ2v) is 6.52. The van der Waals surface area contributed by atoms with Gasteiger partial charge in [-0.3, -0.25) is 0 Å². The minimum atomic E-state index is 0.767. The van der Waals surface area contributed by atoms with E-state index in [9.17, 15) is 0 Å². The van der Waals surface area contributed by atoms with Gasteiger partial charge in [-0.1, -0.05) is 6.92 Å². The molecule has 1 aliphatic rings. The summed E-state index contributed by atoms with van der Waals surface area (Å²) in [4.78, 5) is 21.8. The van der Waals surface area contributed by atoms with Crippen molar-refractivity contribution in [3.8, 4) is 28.4 Å². The zero-order chi connectivity index (χ0) is 18.6. The molecule has 1 saturated heterocycles. The highest BCUT2D eigenvalue weighted by atomic mass is 16.5. The van der Waals surface area contributed by atoms with Gasteiger partial charge in [0.1, 0.15) is 11.6 Å². The average Bonchev–Trinajstić information content (AvgIpc) is 3.28. The molecule has 7 heteroatoms. The summed E-state index contributed by atoms with van der Waals surface area (Å²) in [6.07, 6.45) is 5.42. The van der Waals surface area contributed by atoms with Crippen molar-refractivity contribution in [1.82, 2.24) is 24.8 Å². The number of benzene rings is 1. The summed E-state index contributed by atoms with van der Waals surface area (Å²) < 4.78 is 5.28. The Balaban J connectivity index is 1.71. The lowest BCUT2D eigenvalue weighted by molar-refractivity contribution is 0.270. The number of aromatic nitrogens is 4. The highest BCUT2D eigenvalue weighted by molar-refractivity contribution is 5.78. The summed E-state index contributed by atoms with van der Waals surface area (Å²) in [7, 11) is 1.67. The van der Waals surface area contributed by atoms with Crippen molar-refractivity contribution in [1.29, 1.82) is 0 Å². The number of hydrogen-bond donors (Lipinski definition) is 1. The minimum absolute atomic E-state index is 0.767. The fourth-order valence-corrected chi connectivity index (χ4v) is 3.34. The van der Waals surface area contributed by atoms with E-state index in [1.807, 2.05) is 36.7 Å². The summed E-state index contributed by atoms with van der Waals surface area (Å²) in [6, 6.07) is 7.94. The number of hydrogen-bond acceptors (Lipinski definition) is 6. The van der Waals surface area contributed by atoms with E-state index in [1.165, 1.54) is 0 Å². The second-order valence-electron chi connectivity index (χ2n) is 6.52. The first-order valence-electron chi connectivity index (χ1n) is 9.27. The number of likely N-dealkylation sites (N-methyl/N-ethyl adjacent to an activating group) is 1. The van der Waals surface area contributed by atoms with Gasteiger partial charge in [0.2, 0.25) is 5.95 Å². The van der Waals surface area contributed by atoms with E-state index in [0.29, 0.717) is 0 Å². The zero-order valence-electron chi connectivity index (χ0n) is 15.7. The Bertz CT molecular complexity index is 870. The van der Waals surface area contributed by atoms with E-state index in [-0.39, 0.29) is 0 Å². The smallest absolute Gasteiger partial charge is 0.225 e. The Labute approximate surface area is 159 Å². The van der Waals surface area contributed by atoms with Crippen LogP contribution in [0.1, 0.15) is 6.92 Å². The maximum absolute atomic E-state index is 5.28. The van der Waals surface area contributed by atoms with Crippen LogP contribution >= 0.6 is 0 Å². The molecule has 0 atom stereocenters. The first-order valence-corrected chi connectivity index (χ1v) is 9.27.